The van der Waals surface area contributed by atoms with E-state index in [9.17, 15) is 8.78 Å². The van der Waals surface area contributed by atoms with Crippen LogP contribution in [-0.2, 0) is 6.54 Å². The van der Waals surface area contributed by atoms with E-state index in [1.165, 1.54) is 18.2 Å². The highest BCUT2D eigenvalue weighted by Crippen LogP contribution is 2.30. The Morgan fingerprint density at radius 2 is 1.86 bits per heavy atom. The first-order valence-corrected chi connectivity index (χ1v) is 7.40. The minimum atomic E-state index is -0.495. The molecule has 0 bridgehead atoms. The van der Waals surface area contributed by atoms with E-state index < -0.39 is 5.82 Å². The highest BCUT2D eigenvalue weighted by molar-refractivity contribution is 9.10. The van der Waals surface area contributed by atoms with Crippen LogP contribution in [0.5, 0.6) is 11.5 Å². The molecule has 0 spiro atoms. The van der Waals surface area contributed by atoms with Gasteiger partial charge in [-0.15, -0.1) is 0 Å². The van der Waals surface area contributed by atoms with E-state index in [0.29, 0.717) is 22.3 Å². The molecule has 2 aromatic carbocycles. The van der Waals surface area contributed by atoms with Gasteiger partial charge in [0, 0.05) is 22.6 Å². The molecular formula is C16H16BrF2NO. The van der Waals surface area contributed by atoms with Gasteiger partial charge in [0.15, 0.2) is 11.6 Å². The summed E-state index contributed by atoms with van der Waals surface area (Å²) >= 11 is 3.26. The molecule has 2 aromatic rings. The summed E-state index contributed by atoms with van der Waals surface area (Å²) in [6.45, 7) is 4.25. The van der Waals surface area contributed by atoms with Gasteiger partial charge in [-0.2, -0.15) is 0 Å². The number of ether oxygens (including phenoxy) is 1. The maximum Gasteiger partial charge on any atom is 0.165 e. The van der Waals surface area contributed by atoms with E-state index in [4.69, 9.17) is 4.74 Å². The second-order valence-electron chi connectivity index (χ2n) is 4.93. The monoisotopic (exact) mass is 355 g/mol. The fraction of sp³-hybridized carbons (Fsp3) is 0.250. The molecule has 0 aliphatic rings. The van der Waals surface area contributed by atoms with Crippen molar-refractivity contribution in [3.05, 3.63) is 58.1 Å². The third-order valence-electron chi connectivity index (χ3n) is 2.88. The van der Waals surface area contributed by atoms with E-state index in [-0.39, 0.29) is 17.6 Å². The van der Waals surface area contributed by atoms with Gasteiger partial charge in [0.25, 0.3) is 0 Å². The van der Waals surface area contributed by atoms with Crippen LogP contribution in [0.4, 0.5) is 8.78 Å². The van der Waals surface area contributed by atoms with Gasteiger partial charge in [-0.1, -0.05) is 35.8 Å². The first-order chi connectivity index (χ1) is 9.97. The Bertz CT molecular complexity index is 632. The minimum Gasteiger partial charge on any atom is -0.454 e. The molecule has 0 radical (unpaired) electrons. The standard InChI is InChI=1S/C16H16BrF2NO/c1-10(2)20-9-12-13(18)4-3-5-15(12)21-16-8-11(17)6-7-14(16)19/h3-8,10,20H,9H2,1-2H3. The Balaban J connectivity index is 2.31. The van der Waals surface area contributed by atoms with Gasteiger partial charge in [-0.05, 0) is 30.3 Å². The number of halogens is 3. The van der Waals surface area contributed by atoms with Crippen LogP contribution >= 0.6 is 15.9 Å². The predicted octanol–water partition coefficient (Wildman–Crippen LogP) is 5.02. The molecule has 112 valence electrons. The van der Waals surface area contributed by atoms with Gasteiger partial charge in [0.1, 0.15) is 11.6 Å². The van der Waals surface area contributed by atoms with E-state index >= 15 is 0 Å². The number of hydrogen-bond acceptors (Lipinski definition) is 2. The molecule has 0 heterocycles. The molecule has 2 rings (SSSR count). The van der Waals surface area contributed by atoms with Crippen LogP contribution in [0, 0.1) is 11.6 Å². The normalized spacial score (nSPS) is 11.0. The average Bonchev–Trinajstić information content (AvgIpc) is 2.42. The summed E-state index contributed by atoms with van der Waals surface area (Å²) in [4.78, 5) is 0. The van der Waals surface area contributed by atoms with Crippen LogP contribution in [0.2, 0.25) is 0 Å². The molecule has 0 aromatic heterocycles. The zero-order valence-corrected chi connectivity index (χ0v) is 13.4. The summed E-state index contributed by atoms with van der Waals surface area (Å²) in [7, 11) is 0. The maximum absolute atomic E-state index is 14.0. The van der Waals surface area contributed by atoms with Crippen molar-refractivity contribution < 1.29 is 13.5 Å². The van der Waals surface area contributed by atoms with E-state index in [1.807, 2.05) is 13.8 Å². The van der Waals surface area contributed by atoms with Crippen molar-refractivity contribution in [2.75, 3.05) is 0 Å². The lowest BCUT2D eigenvalue weighted by atomic mass is 10.1. The first-order valence-electron chi connectivity index (χ1n) is 6.61. The summed E-state index contributed by atoms with van der Waals surface area (Å²) < 4.78 is 33.9. The summed E-state index contributed by atoms with van der Waals surface area (Å²) in [5.41, 5.74) is 0.380. The third kappa shape index (κ3) is 4.25. The molecular weight excluding hydrogens is 340 g/mol. The number of benzene rings is 2. The summed E-state index contributed by atoms with van der Waals surface area (Å²) in [6.07, 6.45) is 0. The summed E-state index contributed by atoms with van der Waals surface area (Å²) in [5.74, 6) is -0.512. The van der Waals surface area contributed by atoms with Crippen LogP contribution < -0.4 is 10.1 Å². The Hall–Kier alpha value is -1.46. The topological polar surface area (TPSA) is 21.3 Å². The average molecular weight is 356 g/mol. The van der Waals surface area contributed by atoms with Gasteiger partial charge in [-0.25, -0.2) is 8.78 Å². The minimum absolute atomic E-state index is 0.0563. The predicted molar refractivity (Wildman–Crippen MR) is 82.5 cm³/mol. The third-order valence-corrected chi connectivity index (χ3v) is 3.37. The molecule has 0 fully saturated rings. The van der Waals surface area contributed by atoms with E-state index in [0.717, 1.165) is 0 Å². The summed E-state index contributed by atoms with van der Waals surface area (Å²) in [6, 6.07) is 9.13. The first kappa shape index (κ1) is 15.9. The second-order valence-corrected chi connectivity index (χ2v) is 5.84. The highest BCUT2D eigenvalue weighted by atomic mass is 79.9. The van der Waals surface area contributed by atoms with Crippen molar-refractivity contribution in [1.29, 1.82) is 0 Å². The van der Waals surface area contributed by atoms with Crippen molar-refractivity contribution in [1.82, 2.24) is 5.32 Å². The van der Waals surface area contributed by atoms with Crippen LogP contribution in [0.25, 0.3) is 0 Å². The van der Waals surface area contributed by atoms with Crippen molar-refractivity contribution in [3.8, 4) is 11.5 Å². The number of nitrogens with one attached hydrogen (secondary N) is 1. The Labute approximate surface area is 131 Å². The Kier molecular flexibility index (Phi) is 5.31. The van der Waals surface area contributed by atoms with E-state index in [2.05, 4.69) is 21.2 Å². The van der Waals surface area contributed by atoms with Gasteiger partial charge in [0.05, 0.1) is 0 Å². The molecule has 1 N–H and O–H groups in total. The van der Waals surface area contributed by atoms with Crippen LogP contribution in [0.3, 0.4) is 0 Å². The number of hydrogen-bond donors (Lipinski definition) is 1. The molecule has 0 atom stereocenters. The molecule has 5 heteroatoms. The van der Waals surface area contributed by atoms with Gasteiger partial charge in [0.2, 0.25) is 0 Å². The van der Waals surface area contributed by atoms with Gasteiger partial charge in [-0.3, -0.25) is 0 Å². The van der Waals surface area contributed by atoms with E-state index in [1.54, 1.807) is 18.2 Å². The molecule has 21 heavy (non-hydrogen) atoms. The second kappa shape index (κ2) is 7.00. The Morgan fingerprint density at radius 1 is 1.10 bits per heavy atom. The molecule has 0 saturated heterocycles. The number of rotatable bonds is 5. The summed E-state index contributed by atoms with van der Waals surface area (Å²) in [5, 5.41) is 3.13. The quantitative estimate of drug-likeness (QED) is 0.813. The van der Waals surface area contributed by atoms with Gasteiger partial charge < -0.3 is 10.1 Å². The lowest BCUT2D eigenvalue weighted by Crippen LogP contribution is -2.22. The zero-order valence-electron chi connectivity index (χ0n) is 11.8. The molecule has 0 aliphatic heterocycles. The lowest BCUT2D eigenvalue weighted by molar-refractivity contribution is 0.427. The lowest BCUT2D eigenvalue weighted by Gasteiger charge is -2.14. The smallest absolute Gasteiger partial charge is 0.165 e. The van der Waals surface area contributed by atoms with Crippen molar-refractivity contribution in [3.63, 3.8) is 0 Å². The van der Waals surface area contributed by atoms with Crippen molar-refractivity contribution >= 4 is 15.9 Å². The van der Waals surface area contributed by atoms with Crippen LogP contribution in [0.15, 0.2) is 40.9 Å². The Morgan fingerprint density at radius 3 is 2.57 bits per heavy atom. The molecule has 0 saturated carbocycles. The fourth-order valence-electron chi connectivity index (χ4n) is 1.79. The van der Waals surface area contributed by atoms with Gasteiger partial charge >= 0.3 is 0 Å². The highest BCUT2D eigenvalue weighted by Gasteiger charge is 2.13. The molecule has 0 amide bonds. The maximum atomic E-state index is 14.0. The van der Waals surface area contributed by atoms with Crippen molar-refractivity contribution in [2.45, 2.75) is 26.4 Å². The molecule has 0 unspecified atom stereocenters. The van der Waals surface area contributed by atoms with Crippen LogP contribution in [0.1, 0.15) is 19.4 Å². The zero-order chi connectivity index (χ0) is 15.4. The fourth-order valence-corrected chi connectivity index (χ4v) is 2.13. The largest absolute Gasteiger partial charge is 0.454 e. The molecule has 2 nitrogen and oxygen atoms in total. The molecule has 0 aliphatic carbocycles. The van der Waals surface area contributed by atoms with Crippen LogP contribution in [-0.4, -0.2) is 6.04 Å². The SMILES string of the molecule is CC(C)NCc1c(F)cccc1Oc1cc(Br)ccc1F. The van der Waals surface area contributed by atoms with Crippen molar-refractivity contribution in [2.24, 2.45) is 0 Å².